The van der Waals surface area contributed by atoms with Crippen LogP contribution in [0.3, 0.4) is 0 Å². The number of hydrogen-bond donors (Lipinski definition) is 4. The van der Waals surface area contributed by atoms with Gasteiger partial charge in [-0.1, -0.05) is 30.3 Å². The molecule has 3 aromatic carbocycles. The molecule has 4 N–H and O–H groups in total. The maximum Gasteiger partial charge on any atom is 0.407 e. The molecule has 1 aliphatic carbocycles. The third kappa shape index (κ3) is 5.95. The number of aromatic amines is 2. The molecule has 9 rings (SSSR count). The Hall–Kier alpha value is -5.14. The first-order valence-electron chi connectivity index (χ1n) is 18.5. The van der Waals surface area contributed by atoms with Crippen molar-refractivity contribution < 1.29 is 27.8 Å². The Morgan fingerprint density at radius 2 is 1.66 bits per heavy atom. The maximum atomic E-state index is 16.2. The Balaban J connectivity index is 0.969. The van der Waals surface area contributed by atoms with E-state index in [2.05, 4.69) is 25.6 Å². The van der Waals surface area contributed by atoms with Crippen LogP contribution >= 0.6 is 0 Å². The van der Waals surface area contributed by atoms with Gasteiger partial charge in [-0.05, 0) is 97.5 Å². The van der Waals surface area contributed by atoms with Gasteiger partial charge in [0.1, 0.15) is 17.7 Å². The highest BCUT2D eigenvalue weighted by atomic mass is 19.3. The van der Waals surface area contributed by atoms with Gasteiger partial charge in [0.05, 0.1) is 42.1 Å². The van der Waals surface area contributed by atoms with Crippen molar-refractivity contribution in [1.82, 2.24) is 35.5 Å². The van der Waals surface area contributed by atoms with Crippen molar-refractivity contribution in [2.75, 3.05) is 33.4 Å². The zero-order chi connectivity index (χ0) is 36.3. The highest BCUT2D eigenvalue weighted by Crippen LogP contribution is 2.52. The predicted octanol–water partition coefficient (Wildman–Crippen LogP) is 6.98. The van der Waals surface area contributed by atoms with E-state index in [1.54, 1.807) is 35.4 Å². The molecule has 274 valence electrons. The molecular weight excluding hydrogens is 680 g/mol. The lowest BCUT2D eigenvalue weighted by Crippen LogP contribution is -2.53. The second-order valence-corrected chi connectivity index (χ2v) is 14.5. The summed E-state index contributed by atoms with van der Waals surface area (Å²) in [6.45, 7) is 2.56. The van der Waals surface area contributed by atoms with E-state index < -0.39 is 18.1 Å². The third-order valence-corrected chi connectivity index (χ3v) is 11.4. The molecule has 2 aromatic heterocycles. The number of methoxy groups -OCH3 is 1. The number of rotatable bonds is 7. The normalized spacial score (nSPS) is 21.5. The Kier molecular flexibility index (Phi) is 8.50. The molecule has 3 saturated heterocycles. The number of alkyl halides is 2. The number of ether oxygens (including phenoxy) is 2. The van der Waals surface area contributed by atoms with E-state index in [9.17, 15) is 9.59 Å². The average Bonchev–Trinajstić information content (AvgIpc) is 4.04. The maximum absolute atomic E-state index is 16.2. The van der Waals surface area contributed by atoms with Gasteiger partial charge in [-0.3, -0.25) is 4.79 Å². The predicted molar refractivity (Wildman–Crippen MR) is 194 cm³/mol. The third-order valence-electron chi connectivity index (χ3n) is 11.4. The molecule has 13 heteroatoms. The second-order valence-electron chi connectivity index (χ2n) is 14.5. The van der Waals surface area contributed by atoms with Crippen LogP contribution in [0.1, 0.15) is 73.4 Å². The summed E-state index contributed by atoms with van der Waals surface area (Å²) in [5, 5.41) is 6.21. The van der Waals surface area contributed by atoms with E-state index in [-0.39, 0.29) is 35.0 Å². The molecule has 3 fully saturated rings. The van der Waals surface area contributed by atoms with E-state index >= 15 is 8.78 Å². The smallest absolute Gasteiger partial charge is 0.407 e. The molecule has 3 aliphatic heterocycles. The number of carbonyl (C=O) groups excluding carboxylic acids is 2. The molecule has 2 amide bonds. The highest BCUT2D eigenvalue weighted by Gasteiger charge is 2.45. The molecule has 0 unspecified atom stereocenters. The monoisotopic (exact) mass is 721 g/mol. The number of alkyl carbamates (subject to hydrolysis) is 1. The number of carbonyl (C=O) groups is 2. The zero-order valence-corrected chi connectivity index (χ0v) is 29.4. The van der Waals surface area contributed by atoms with Gasteiger partial charge in [0.2, 0.25) is 5.91 Å². The summed E-state index contributed by atoms with van der Waals surface area (Å²) >= 11 is 0. The number of benzene rings is 3. The molecule has 0 spiro atoms. The molecule has 5 aromatic rings. The quantitative estimate of drug-likeness (QED) is 0.142. The fourth-order valence-electron chi connectivity index (χ4n) is 8.62. The largest absolute Gasteiger partial charge is 0.453 e. The van der Waals surface area contributed by atoms with Crippen LogP contribution < -0.4 is 10.6 Å². The van der Waals surface area contributed by atoms with Gasteiger partial charge in [-0.2, -0.15) is 8.78 Å². The van der Waals surface area contributed by atoms with Crippen LogP contribution in [0.4, 0.5) is 13.6 Å². The Morgan fingerprint density at radius 1 is 0.925 bits per heavy atom. The first-order chi connectivity index (χ1) is 25.8. The number of nitrogens with one attached hydrogen (secondary N) is 4. The van der Waals surface area contributed by atoms with Gasteiger partial charge in [0, 0.05) is 36.4 Å². The molecule has 11 nitrogen and oxygen atoms in total. The molecule has 0 bridgehead atoms. The molecule has 4 aliphatic rings. The number of aromatic nitrogens is 4. The molecule has 53 heavy (non-hydrogen) atoms. The minimum absolute atomic E-state index is 0.0116. The van der Waals surface area contributed by atoms with E-state index in [1.807, 2.05) is 30.3 Å². The van der Waals surface area contributed by atoms with E-state index in [1.165, 1.54) is 7.11 Å². The lowest BCUT2D eigenvalue weighted by atomic mass is 9.90. The number of hydrogen-bond acceptors (Lipinski definition) is 7. The number of likely N-dealkylation sites (tertiary alicyclic amines) is 1. The Bertz CT molecular complexity index is 2200. The number of imidazole rings is 2. The van der Waals surface area contributed by atoms with Gasteiger partial charge in [-0.15, -0.1) is 0 Å². The van der Waals surface area contributed by atoms with Crippen molar-refractivity contribution in [2.45, 2.75) is 62.6 Å². The number of fused-ring (bicyclic) bond motifs is 4. The Morgan fingerprint density at radius 3 is 2.42 bits per heavy atom. The van der Waals surface area contributed by atoms with Crippen LogP contribution in [0.2, 0.25) is 0 Å². The van der Waals surface area contributed by atoms with Crippen molar-refractivity contribution in [2.24, 2.45) is 5.92 Å². The Labute approximate surface area is 304 Å². The number of nitrogens with zero attached hydrogens (tertiary/aromatic N) is 3. The van der Waals surface area contributed by atoms with Crippen molar-refractivity contribution in [1.29, 1.82) is 0 Å². The minimum atomic E-state index is -3.18. The van der Waals surface area contributed by atoms with Crippen molar-refractivity contribution >= 4 is 23.0 Å². The van der Waals surface area contributed by atoms with E-state index in [0.29, 0.717) is 66.2 Å². The van der Waals surface area contributed by atoms with Crippen LogP contribution in [0, 0.1) is 5.92 Å². The number of amides is 2. The molecule has 0 radical (unpaired) electrons. The summed E-state index contributed by atoms with van der Waals surface area (Å²) in [6, 6.07) is 15.3. The van der Waals surface area contributed by atoms with E-state index in [4.69, 9.17) is 14.5 Å². The lowest BCUT2D eigenvalue weighted by molar-refractivity contribution is -0.136. The first-order valence-corrected chi connectivity index (χ1v) is 18.5. The van der Waals surface area contributed by atoms with Gasteiger partial charge in [-0.25, -0.2) is 14.8 Å². The summed E-state index contributed by atoms with van der Waals surface area (Å²) in [5.74, 6) is -1.91. The fourth-order valence-corrected chi connectivity index (χ4v) is 8.62. The van der Waals surface area contributed by atoms with Crippen LogP contribution in [0.25, 0.3) is 44.5 Å². The van der Waals surface area contributed by atoms with Gasteiger partial charge in [0.15, 0.2) is 0 Å². The van der Waals surface area contributed by atoms with Gasteiger partial charge in [0.25, 0.3) is 5.92 Å². The number of H-pyrrole nitrogens is 2. The highest BCUT2D eigenvalue weighted by molar-refractivity contribution is 5.88. The lowest BCUT2D eigenvalue weighted by Gasteiger charge is -2.34. The van der Waals surface area contributed by atoms with Crippen molar-refractivity contribution in [3.63, 3.8) is 0 Å². The van der Waals surface area contributed by atoms with Crippen molar-refractivity contribution in [3.05, 3.63) is 83.6 Å². The topological polar surface area (TPSA) is 137 Å². The fraction of sp³-hybridized carbons (Fsp3) is 0.400. The SMILES string of the molecule is COC(=O)N[C@H](C(=O)N1CCC[C@H]1c1nc2ccc(-c3ccc4c(c3)C(F)(F)c3cc(-c5cnc([C@@H]6CCCN6)[nH]5)ccc3-4)cc2[nH]1)C1CCOCC1. The van der Waals surface area contributed by atoms with Crippen LogP contribution in [0.5, 0.6) is 0 Å². The van der Waals surface area contributed by atoms with Crippen LogP contribution in [-0.2, 0) is 20.2 Å². The number of halogens is 2. The first kappa shape index (κ1) is 33.7. The van der Waals surface area contributed by atoms with Gasteiger partial charge < -0.3 is 35.0 Å². The molecule has 0 saturated carbocycles. The molecular formula is C40H41F2N7O4. The summed E-state index contributed by atoms with van der Waals surface area (Å²) in [6.07, 6.45) is 6.01. The standard InChI is InChI=1S/C40H41F2N7O4/c1-52-39(51)48-35(22-12-16-53-17-13-22)38(50)49-15-3-5-34(49)37-45-30-11-8-24(20-32(30)46-37)23-6-9-26-27-10-7-25(19-29(27)40(41,42)28(26)18-23)33-21-44-36(47-33)31-4-2-14-43-31/h6-11,18-22,31,34-35,43H,2-5,12-17H2,1H3,(H,44,47)(H,45,46)(H,48,51)/t31-,34-,35-/m0/s1. The molecule has 3 atom stereocenters. The summed E-state index contributed by atoms with van der Waals surface area (Å²) in [5.41, 5.74) is 5.33. The minimum Gasteiger partial charge on any atom is -0.453 e. The summed E-state index contributed by atoms with van der Waals surface area (Å²) in [4.78, 5) is 44.2. The zero-order valence-electron chi connectivity index (χ0n) is 29.4. The van der Waals surface area contributed by atoms with Gasteiger partial charge >= 0.3 is 6.09 Å². The van der Waals surface area contributed by atoms with Crippen molar-refractivity contribution in [3.8, 4) is 33.5 Å². The molecule has 5 heterocycles. The summed E-state index contributed by atoms with van der Waals surface area (Å²) < 4.78 is 42.9. The average molecular weight is 722 g/mol. The second kappa shape index (κ2) is 13.4. The van der Waals surface area contributed by atoms with Crippen LogP contribution in [-0.4, -0.2) is 76.3 Å². The summed E-state index contributed by atoms with van der Waals surface area (Å²) in [7, 11) is 1.29. The van der Waals surface area contributed by atoms with E-state index in [0.717, 1.165) is 54.8 Å². The van der Waals surface area contributed by atoms with Crippen LogP contribution in [0.15, 0.2) is 60.8 Å².